The van der Waals surface area contributed by atoms with Crippen molar-refractivity contribution in [2.45, 2.75) is 57.7 Å². The maximum atomic E-state index is 13.1. The molecule has 0 saturated carbocycles. The van der Waals surface area contributed by atoms with E-state index >= 15 is 0 Å². The lowest BCUT2D eigenvalue weighted by Gasteiger charge is -2.25. The van der Waals surface area contributed by atoms with Crippen LogP contribution in [0.2, 0.25) is 0 Å². The van der Waals surface area contributed by atoms with Crippen LogP contribution in [-0.2, 0) is 20.8 Å². The molecule has 1 aromatic rings. The third-order valence-corrected chi connectivity index (χ3v) is 5.14. The van der Waals surface area contributed by atoms with Crippen molar-refractivity contribution in [3.8, 4) is 0 Å². The highest BCUT2D eigenvalue weighted by atomic mass is 16.2. The van der Waals surface area contributed by atoms with Crippen molar-refractivity contribution in [3.63, 3.8) is 0 Å². The summed E-state index contributed by atoms with van der Waals surface area (Å²) in [5, 5.41) is 20.8. The summed E-state index contributed by atoms with van der Waals surface area (Å²) in [7, 11) is 1.60. The van der Waals surface area contributed by atoms with Crippen LogP contribution < -0.4 is 38.1 Å². The van der Waals surface area contributed by atoms with Gasteiger partial charge in [-0.1, -0.05) is 44.2 Å². The Bertz CT molecular complexity index is 862. The molecule has 3 atom stereocenters. The molecule has 35 heavy (non-hydrogen) atoms. The number of guanidine groups is 1. The molecule has 0 unspecified atom stereocenters. The van der Waals surface area contributed by atoms with E-state index in [2.05, 4.69) is 26.6 Å². The van der Waals surface area contributed by atoms with E-state index in [0.29, 0.717) is 19.4 Å². The molecule has 194 valence electrons. The molecular weight excluding hydrogens is 452 g/mol. The van der Waals surface area contributed by atoms with E-state index in [1.54, 1.807) is 7.05 Å². The molecule has 0 aliphatic carbocycles. The molecule has 10 N–H and O–H groups in total. The minimum atomic E-state index is -1.00. The largest absolute Gasteiger partial charge is 0.368 e. The van der Waals surface area contributed by atoms with E-state index < -0.39 is 41.9 Å². The Morgan fingerprint density at radius 3 is 2.06 bits per heavy atom. The van der Waals surface area contributed by atoms with E-state index in [4.69, 9.17) is 16.9 Å². The van der Waals surface area contributed by atoms with Crippen LogP contribution in [0.15, 0.2) is 30.3 Å². The second kappa shape index (κ2) is 15.1. The smallest absolute Gasteiger partial charge is 0.312 e. The lowest BCUT2D eigenvalue weighted by atomic mass is 10.0. The Morgan fingerprint density at radius 2 is 1.51 bits per heavy atom. The van der Waals surface area contributed by atoms with Crippen molar-refractivity contribution in [2.24, 2.45) is 17.4 Å². The van der Waals surface area contributed by atoms with Gasteiger partial charge in [0.25, 0.3) is 0 Å². The van der Waals surface area contributed by atoms with E-state index in [1.807, 2.05) is 44.2 Å². The summed E-state index contributed by atoms with van der Waals surface area (Å²) in [5.74, 6) is -1.65. The summed E-state index contributed by atoms with van der Waals surface area (Å²) in [6, 6.07) is 5.34. The van der Waals surface area contributed by atoms with Gasteiger partial charge in [0, 0.05) is 20.0 Å². The quantitative estimate of drug-likeness (QED) is 0.0960. The fraction of sp³-hybridized carbons (Fsp3) is 0.522. The summed E-state index contributed by atoms with van der Waals surface area (Å²) in [6.07, 6.45) is 1.16. The molecule has 1 rings (SSSR count). The van der Waals surface area contributed by atoms with Crippen molar-refractivity contribution in [3.05, 3.63) is 35.9 Å². The molecule has 0 bridgehead atoms. The van der Waals surface area contributed by atoms with E-state index in [1.165, 1.54) is 0 Å². The number of rotatable bonds is 14. The molecule has 0 radical (unpaired) electrons. The monoisotopic (exact) mass is 490 g/mol. The molecule has 0 saturated heterocycles. The van der Waals surface area contributed by atoms with E-state index in [9.17, 15) is 19.2 Å². The number of carbonyl (C=O) groups is 4. The molecule has 1 aromatic carbocycles. The zero-order valence-corrected chi connectivity index (χ0v) is 20.5. The van der Waals surface area contributed by atoms with Gasteiger partial charge in [0.05, 0.1) is 0 Å². The minimum Gasteiger partial charge on any atom is -0.368 e. The van der Waals surface area contributed by atoms with Gasteiger partial charge in [0.1, 0.15) is 18.1 Å². The van der Waals surface area contributed by atoms with Gasteiger partial charge >= 0.3 is 6.03 Å². The van der Waals surface area contributed by atoms with Crippen molar-refractivity contribution in [2.75, 3.05) is 13.6 Å². The Morgan fingerprint density at radius 1 is 0.914 bits per heavy atom. The summed E-state index contributed by atoms with van der Waals surface area (Å²) in [6.45, 7) is 4.14. The zero-order valence-electron chi connectivity index (χ0n) is 20.5. The van der Waals surface area contributed by atoms with Gasteiger partial charge in [-0.05, 0) is 30.7 Å². The number of benzene rings is 1. The molecular formula is C23H38N8O4. The molecule has 12 nitrogen and oxygen atoms in total. The predicted octanol–water partition coefficient (Wildman–Crippen LogP) is -0.709. The number of primary amides is 2. The molecule has 0 aromatic heterocycles. The first kappa shape index (κ1) is 29.2. The van der Waals surface area contributed by atoms with Crippen LogP contribution >= 0.6 is 0 Å². The number of hydrogen-bond acceptors (Lipinski definition) is 5. The lowest BCUT2D eigenvalue weighted by Crippen LogP contribution is -2.57. The molecule has 0 aliphatic heterocycles. The number of amides is 5. The molecule has 5 amide bonds. The zero-order chi connectivity index (χ0) is 26.4. The Kier molecular flexibility index (Phi) is 12.6. The highest BCUT2D eigenvalue weighted by Crippen LogP contribution is 2.08. The van der Waals surface area contributed by atoms with Crippen molar-refractivity contribution >= 4 is 29.7 Å². The lowest BCUT2D eigenvalue weighted by molar-refractivity contribution is -0.132. The fourth-order valence-electron chi connectivity index (χ4n) is 3.37. The first-order chi connectivity index (χ1) is 16.5. The van der Waals surface area contributed by atoms with Gasteiger partial charge in [-0.25, -0.2) is 4.79 Å². The van der Waals surface area contributed by atoms with Crippen LogP contribution in [-0.4, -0.2) is 61.4 Å². The number of nitrogens with two attached hydrogens (primary N) is 2. The van der Waals surface area contributed by atoms with Crippen LogP contribution in [0, 0.1) is 11.3 Å². The molecule has 0 heterocycles. The second-order valence-electron chi connectivity index (χ2n) is 8.60. The maximum absolute atomic E-state index is 13.1. The van der Waals surface area contributed by atoms with Crippen LogP contribution in [0.25, 0.3) is 0 Å². The minimum absolute atomic E-state index is 0.0757. The third kappa shape index (κ3) is 11.7. The molecule has 12 heteroatoms. The number of carbonyl (C=O) groups excluding carboxylic acids is 4. The Balaban J connectivity index is 2.97. The highest BCUT2D eigenvalue weighted by Gasteiger charge is 2.29. The average molecular weight is 491 g/mol. The second-order valence-corrected chi connectivity index (χ2v) is 8.60. The summed E-state index contributed by atoms with van der Waals surface area (Å²) < 4.78 is 0. The maximum Gasteiger partial charge on any atom is 0.312 e. The van der Waals surface area contributed by atoms with E-state index in [0.717, 1.165) is 5.56 Å². The van der Waals surface area contributed by atoms with Crippen LogP contribution in [0.4, 0.5) is 4.79 Å². The van der Waals surface area contributed by atoms with Gasteiger partial charge in [0.15, 0.2) is 5.96 Å². The summed E-state index contributed by atoms with van der Waals surface area (Å²) in [5.41, 5.74) is 11.5. The Hall–Kier alpha value is -3.83. The van der Waals surface area contributed by atoms with Crippen LogP contribution in [0.3, 0.4) is 0 Å². The van der Waals surface area contributed by atoms with Crippen molar-refractivity contribution in [1.82, 2.24) is 26.6 Å². The van der Waals surface area contributed by atoms with Gasteiger partial charge in [-0.15, -0.1) is 0 Å². The molecule has 0 aliphatic rings. The predicted molar refractivity (Wildman–Crippen MR) is 133 cm³/mol. The number of urea groups is 1. The van der Waals surface area contributed by atoms with Crippen molar-refractivity contribution < 1.29 is 19.2 Å². The topological polar surface area (TPSA) is 204 Å². The number of hydrogen-bond donors (Lipinski definition) is 8. The molecule has 0 fully saturated rings. The number of nitrogens with one attached hydrogen (secondary N) is 6. The summed E-state index contributed by atoms with van der Waals surface area (Å²) in [4.78, 5) is 49.4. The third-order valence-electron chi connectivity index (χ3n) is 5.14. The van der Waals surface area contributed by atoms with Crippen LogP contribution in [0.1, 0.15) is 38.7 Å². The first-order valence-electron chi connectivity index (χ1n) is 11.5. The van der Waals surface area contributed by atoms with Crippen LogP contribution in [0.5, 0.6) is 0 Å². The van der Waals surface area contributed by atoms with Gasteiger partial charge in [-0.3, -0.25) is 19.8 Å². The fourth-order valence-corrected chi connectivity index (χ4v) is 3.37. The SMILES string of the molecule is CNC(=N)NCCC[C@H](NC(=O)[C@H](CC(C)C)NC(N)=O)C(=O)N[C@@H](Cc1ccccc1)C(N)=O. The standard InChI is InChI=1S/C23H38N8O4/c1-14(2)12-18(31-23(26)35)21(34)29-16(10-7-11-28-22(25)27-3)20(33)30-17(19(24)32)13-15-8-5-4-6-9-15/h4-6,8-9,14,16-18H,7,10-13H2,1-3H3,(H2,24,32)(H,29,34)(H,30,33)(H3,25,27,28)(H3,26,31,35)/t16-,17-,18-/m0/s1. The normalized spacial score (nSPS) is 13.1. The molecule has 0 spiro atoms. The van der Waals surface area contributed by atoms with Gasteiger partial charge in [-0.2, -0.15) is 0 Å². The highest BCUT2D eigenvalue weighted by molar-refractivity contribution is 5.93. The van der Waals surface area contributed by atoms with Gasteiger partial charge in [0.2, 0.25) is 17.7 Å². The van der Waals surface area contributed by atoms with Crippen molar-refractivity contribution in [1.29, 1.82) is 5.41 Å². The first-order valence-corrected chi connectivity index (χ1v) is 11.5. The van der Waals surface area contributed by atoms with E-state index in [-0.39, 0.29) is 24.7 Å². The van der Waals surface area contributed by atoms with Gasteiger partial charge < -0.3 is 38.1 Å². The Labute approximate surface area is 205 Å². The average Bonchev–Trinajstić information content (AvgIpc) is 2.79. The summed E-state index contributed by atoms with van der Waals surface area (Å²) >= 11 is 0.